The molecule has 2 heterocycles. The Kier molecular flexibility index (Phi) is 6.25. The van der Waals surface area contributed by atoms with Crippen LogP contribution >= 0.6 is 22.9 Å². The molecule has 1 aromatic carbocycles. The van der Waals surface area contributed by atoms with Crippen LogP contribution in [0.1, 0.15) is 56.9 Å². The minimum Gasteiger partial charge on any atom is -0.342 e. The number of carbonyl (C=O) groups is 2. The normalized spacial score (nSPS) is 26.5. The van der Waals surface area contributed by atoms with Crippen molar-refractivity contribution in [3.63, 3.8) is 0 Å². The molecule has 2 saturated heterocycles. The second-order valence-electron chi connectivity index (χ2n) is 8.62. The Morgan fingerprint density at radius 2 is 1.71 bits per heavy atom. The first-order chi connectivity index (χ1) is 13.6. The van der Waals surface area contributed by atoms with Crippen LogP contribution in [0, 0.1) is 5.92 Å². The van der Waals surface area contributed by atoms with Crippen LogP contribution in [0.5, 0.6) is 0 Å². The Morgan fingerprint density at radius 1 is 1.04 bits per heavy atom. The number of amides is 2. The lowest BCUT2D eigenvalue weighted by atomic mass is 9.79. The number of nitrogens with one attached hydrogen (secondary N) is 1. The van der Waals surface area contributed by atoms with E-state index in [9.17, 15) is 9.59 Å². The van der Waals surface area contributed by atoms with Gasteiger partial charge in [0.15, 0.2) is 0 Å². The first kappa shape index (κ1) is 20.1. The van der Waals surface area contributed by atoms with Gasteiger partial charge in [0.2, 0.25) is 11.8 Å². The Bertz CT molecular complexity index is 697. The largest absolute Gasteiger partial charge is 0.342 e. The van der Waals surface area contributed by atoms with Crippen LogP contribution in [-0.4, -0.2) is 44.5 Å². The van der Waals surface area contributed by atoms with Crippen molar-refractivity contribution in [1.29, 1.82) is 0 Å². The molecule has 28 heavy (non-hydrogen) atoms. The molecule has 0 bridgehead atoms. The first-order valence-electron chi connectivity index (χ1n) is 10.7. The maximum Gasteiger partial charge on any atom is 0.246 e. The van der Waals surface area contributed by atoms with Gasteiger partial charge in [-0.15, -0.1) is 0 Å². The van der Waals surface area contributed by atoms with Gasteiger partial charge in [0, 0.05) is 42.5 Å². The summed E-state index contributed by atoms with van der Waals surface area (Å²) in [5.74, 6) is 0.746. The molecule has 1 aliphatic carbocycles. The minimum absolute atomic E-state index is 0.0633. The average molecular weight is 495 g/mol. The number of hydrogen-bond donors (Lipinski definition) is 1. The molecular weight excluding hydrogens is 465 g/mol. The summed E-state index contributed by atoms with van der Waals surface area (Å²) in [5, 5.41) is 3.15. The number of halogens is 1. The summed E-state index contributed by atoms with van der Waals surface area (Å²) in [6.07, 6.45) is 8.39. The highest BCUT2D eigenvalue weighted by Gasteiger charge is 2.53. The summed E-state index contributed by atoms with van der Waals surface area (Å²) >= 11 is 2.32. The zero-order valence-electron chi connectivity index (χ0n) is 16.4. The van der Waals surface area contributed by atoms with E-state index >= 15 is 0 Å². The summed E-state index contributed by atoms with van der Waals surface area (Å²) in [7, 11) is 0. The molecule has 0 aromatic heterocycles. The zero-order chi connectivity index (χ0) is 19.6. The molecule has 1 unspecified atom stereocenters. The summed E-state index contributed by atoms with van der Waals surface area (Å²) in [6, 6.07) is 9.74. The van der Waals surface area contributed by atoms with E-state index in [0.717, 1.165) is 25.1 Å². The van der Waals surface area contributed by atoms with E-state index < -0.39 is 5.54 Å². The Labute approximate surface area is 181 Å². The number of piperazine rings is 1. The molecule has 0 radical (unpaired) electrons. The predicted molar refractivity (Wildman–Crippen MR) is 118 cm³/mol. The third-order valence-electron chi connectivity index (χ3n) is 6.82. The van der Waals surface area contributed by atoms with Crippen molar-refractivity contribution >= 4 is 34.7 Å². The topological polar surface area (TPSA) is 52.7 Å². The van der Waals surface area contributed by atoms with Crippen LogP contribution in [0.25, 0.3) is 0 Å². The number of benzene rings is 1. The maximum absolute atomic E-state index is 13.6. The highest BCUT2D eigenvalue weighted by Crippen LogP contribution is 2.37. The third-order valence-corrected chi connectivity index (χ3v) is 7.79. The maximum atomic E-state index is 13.6. The molecule has 3 fully saturated rings. The highest BCUT2D eigenvalue weighted by atomic mass is 127. The number of nitrogens with zero attached hydrogens (tertiary/aromatic N) is 2. The Balaban J connectivity index is 1.58. The van der Waals surface area contributed by atoms with E-state index in [1.807, 2.05) is 23.1 Å². The first-order valence-corrected chi connectivity index (χ1v) is 11.6. The number of carbonyl (C=O) groups excluding carboxylic acids is 2. The van der Waals surface area contributed by atoms with Gasteiger partial charge in [-0.3, -0.25) is 9.59 Å². The van der Waals surface area contributed by atoms with Crippen molar-refractivity contribution in [2.75, 3.05) is 13.1 Å². The molecular formula is C22H30IN3O2. The fraction of sp³-hybridized carbons (Fsp3) is 0.636. The quantitative estimate of drug-likeness (QED) is 0.513. The van der Waals surface area contributed by atoms with Gasteiger partial charge < -0.3 is 10.2 Å². The lowest BCUT2D eigenvalue weighted by Crippen LogP contribution is -2.72. The van der Waals surface area contributed by atoms with E-state index in [2.05, 4.69) is 43.4 Å². The van der Waals surface area contributed by atoms with Crippen LogP contribution in [0.2, 0.25) is 0 Å². The van der Waals surface area contributed by atoms with Gasteiger partial charge in [0.25, 0.3) is 0 Å². The number of rotatable bonds is 4. The smallest absolute Gasteiger partial charge is 0.246 e. The SMILES string of the molecule is O=C1C(CC2CCCCC2)NC(=O)C2(CCN(I)CC2)N1Cc1ccccc1. The van der Waals surface area contributed by atoms with Crippen LogP contribution in [0.3, 0.4) is 0 Å². The van der Waals surface area contributed by atoms with Crippen molar-refractivity contribution < 1.29 is 9.59 Å². The molecule has 1 spiro atoms. The van der Waals surface area contributed by atoms with Crippen LogP contribution in [0.4, 0.5) is 0 Å². The highest BCUT2D eigenvalue weighted by molar-refractivity contribution is 14.1. The van der Waals surface area contributed by atoms with E-state index in [-0.39, 0.29) is 17.9 Å². The fourth-order valence-corrected chi connectivity index (χ4v) is 5.62. The van der Waals surface area contributed by atoms with E-state index in [4.69, 9.17) is 0 Å². The van der Waals surface area contributed by atoms with E-state index in [1.54, 1.807) is 0 Å². The van der Waals surface area contributed by atoms with Crippen LogP contribution in [0.15, 0.2) is 30.3 Å². The summed E-state index contributed by atoms with van der Waals surface area (Å²) in [6.45, 7) is 2.19. The Hall–Kier alpha value is -1.15. The van der Waals surface area contributed by atoms with Gasteiger partial charge in [-0.1, -0.05) is 62.4 Å². The molecule has 2 amide bonds. The minimum atomic E-state index is -0.697. The van der Waals surface area contributed by atoms with Crippen molar-refractivity contribution in [3.8, 4) is 0 Å². The van der Waals surface area contributed by atoms with E-state index in [1.165, 1.54) is 32.1 Å². The van der Waals surface area contributed by atoms with Gasteiger partial charge in [0.05, 0.1) is 0 Å². The second-order valence-corrected chi connectivity index (χ2v) is 9.98. The number of hydrogen-bond acceptors (Lipinski definition) is 3. The van der Waals surface area contributed by atoms with Gasteiger partial charge in [-0.25, -0.2) is 3.11 Å². The lowest BCUT2D eigenvalue weighted by molar-refractivity contribution is -0.161. The molecule has 1 N–H and O–H groups in total. The molecule has 6 heteroatoms. The molecule has 152 valence electrons. The monoisotopic (exact) mass is 495 g/mol. The standard InChI is InChI=1S/C22H30IN3O2/c23-25-13-11-22(12-14-25)21(28)24-19(15-17-7-3-1-4-8-17)20(27)26(22)16-18-9-5-2-6-10-18/h2,5-6,9-10,17,19H,1,3-4,7-8,11-16H2,(H,24,28). The predicted octanol–water partition coefficient (Wildman–Crippen LogP) is 3.67. The van der Waals surface area contributed by atoms with Gasteiger partial charge >= 0.3 is 0 Å². The molecule has 3 aliphatic rings. The van der Waals surface area contributed by atoms with Gasteiger partial charge in [-0.05, 0) is 30.7 Å². The summed E-state index contributed by atoms with van der Waals surface area (Å²) in [4.78, 5) is 28.9. The number of piperidine rings is 1. The van der Waals surface area contributed by atoms with Gasteiger partial charge in [-0.2, -0.15) is 0 Å². The second kappa shape index (κ2) is 8.69. The van der Waals surface area contributed by atoms with E-state index in [0.29, 0.717) is 25.3 Å². The molecule has 4 rings (SSSR count). The van der Waals surface area contributed by atoms with Crippen molar-refractivity contribution in [3.05, 3.63) is 35.9 Å². The Morgan fingerprint density at radius 3 is 2.39 bits per heavy atom. The molecule has 1 saturated carbocycles. The molecule has 1 atom stereocenters. The van der Waals surface area contributed by atoms with Crippen molar-refractivity contribution in [2.45, 2.75) is 69.5 Å². The molecule has 1 aromatic rings. The van der Waals surface area contributed by atoms with Crippen LogP contribution in [-0.2, 0) is 16.1 Å². The zero-order valence-corrected chi connectivity index (χ0v) is 18.6. The van der Waals surface area contributed by atoms with Crippen molar-refractivity contribution in [2.24, 2.45) is 5.92 Å². The lowest BCUT2D eigenvalue weighted by Gasteiger charge is -2.51. The fourth-order valence-electron chi connectivity index (χ4n) is 5.13. The summed E-state index contributed by atoms with van der Waals surface area (Å²) in [5.41, 5.74) is 0.399. The average Bonchev–Trinajstić information content (AvgIpc) is 2.72. The molecule has 2 aliphatic heterocycles. The molecule has 5 nitrogen and oxygen atoms in total. The summed E-state index contributed by atoms with van der Waals surface area (Å²) < 4.78 is 2.22. The van der Waals surface area contributed by atoms with Gasteiger partial charge in [0.1, 0.15) is 11.6 Å². The third kappa shape index (κ3) is 4.08. The van der Waals surface area contributed by atoms with Crippen LogP contribution < -0.4 is 5.32 Å². The van der Waals surface area contributed by atoms with Crippen molar-refractivity contribution in [1.82, 2.24) is 13.3 Å².